The zero-order chi connectivity index (χ0) is 14.5. The summed E-state index contributed by atoms with van der Waals surface area (Å²) in [6.07, 6.45) is 0.381. The molecule has 0 saturated carbocycles. The molecule has 0 amide bonds. The van der Waals surface area contributed by atoms with Gasteiger partial charge >= 0.3 is 0 Å². The predicted octanol–water partition coefficient (Wildman–Crippen LogP) is 0.625. The van der Waals surface area contributed by atoms with Gasteiger partial charge in [0, 0.05) is 6.42 Å². The van der Waals surface area contributed by atoms with E-state index in [2.05, 4.69) is 9.97 Å². The van der Waals surface area contributed by atoms with Crippen molar-refractivity contribution >= 4 is 29.0 Å². The van der Waals surface area contributed by atoms with Crippen molar-refractivity contribution in [1.29, 1.82) is 0 Å². The van der Waals surface area contributed by atoms with E-state index >= 15 is 0 Å². The fourth-order valence-electron chi connectivity index (χ4n) is 2.92. The fraction of sp³-hybridized carbons (Fsp3) is 0.636. The number of hydrogen-bond donors (Lipinski definition) is 2. The molecule has 2 bridgehead atoms. The van der Waals surface area contributed by atoms with Crippen LogP contribution in [-0.2, 0) is 4.74 Å². The number of morpholine rings is 1. The molecule has 2 aliphatic heterocycles. The third-order valence-electron chi connectivity index (χ3n) is 3.92. The molecule has 6 nitrogen and oxygen atoms in total. The summed E-state index contributed by atoms with van der Waals surface area (Å²) in [6.45, 7) is -0.111. The number of hydrogen-bond acceptors (Lipinski definition) is 6. The quantitative estimate of drug-likeness (QED) is 0.627. The lowest BCUT2D eigenvalue weighted by atomic mass is 9.95. The van der Waals surface area contributed by atoms with Gasteiger partial charge < -0.3 is 19.8 Å². The lowest BCUT2D eigenvalue weighted by Gasteiger charge is -2.39. The second-order valence-electron chi connectivity index (χ2n) is 5.20. The van der Waals surface area contributed by atoms with Crippen molar-refractivity contribution in [1.82, 2.24) is 9.97 Å². The smallest absolute Gasteiger partial charge is 0.225 e. The van der Waals surface area contributed by atoms with Gasteiger partial charge in [-0.05, 0) is 11.6 Å². The maximum absolute atomic E-state index is 14.2. The first-order valence-corrected chi connectivity index (χ1v) is 6.73. The highest BCUT2D eigenvalue weighted by atomic mass is 35.5. The normalized spacial score (nSPS) is 32.1. The molecule has 0 radical (unpaired) electrons. The zero-order valence-electron chi connectivity index (χ0n) is 10.3. The van der Waals surface area contributed by atoms with Crippen LogP contribution in [0, 0.1) is 5.82 Å². The van der Waals surface area contributed by atoms with Gasteiger partial charge in [0.05, 0.1) is 31.9 Å². The van der Waals surface area contributed by atoms with E-state index in [1.54, 1.807) is 4.90 Å². The monoisotopic (exact) mass is 323 g/mol. The Morgan fingerprint density at radius 2 is 2.05 bits per heavy atom. The zero-order valence-corrected chi connectivity index (χ0v) is 11.8. The second-order valence-corrected chi connectivity index (χ2v) is 5.89. The number of aliphatic hydroxyl groups is 2. The van der Waals surface area contributed by atoms with Gasteiger partial charge in [-0.3, -0.25) is 0 Å². The van der Waals surface area contributed by atoms with Crippen molar-refractivity contribution in [2.45, 2.75) is 17.6 Å². The molecule has 0 aromatic carbocycles. The average Bonchev–Trinajstić information content (AvgIpc) is 2.97. The molecule has 2 N–H and O–H groups in total. The molecule has 20 heavy (non-hydrogen) atoms. The highest BCUT2D eigenvalue weighted by molar-refractivity contribution is 6.32. The van der Waals surface area contributed by atoms with Gasteiger partial charge in [0.25, 0.3) is 0 Å². The van der Waals surface area contributed by atoms with Crippen LogP contribution < -0.4 is 4.90 Å². The molecule has 2 saturated heterocycles. The standard InChI is InChI=1S/C11H12Cl2FN3O3/c12-7-6(14)8(16-9(13)15-7)17-2-11(4-19)1-10(17,3-18)5-20-11/h18-19H,1-5H2/t10-,11+/m1/s1. The van der Waals surface area contributed by atoms with Gasteiger partial charge in [0.1, 0.15) is 5.60 Å². The second kappa shape index (κ2) is 4.64. The van der Waals surface area contributed by atoms with Crippen LogP contribution in [0.4, 0.5) is 10.2 Å². The van der Waals surface area contributed by atoms with E-state index in [1.165, 1.54) is 0 Å². The van der Waals surface area contributed by atoms with Crippen LogP contribution in [-0.4, -0.2) is 57.7 Å². The summed E-state index contributed by atoms with van der Waals surface area (Å²) in [7, 11) is 0. The van der Waals surface area contributed by atoms with Gasteiger partial charge in [0.15, 0.2) is 11.0 Å². The van der Waals surface area contributed by atoms with Crippen molar-refractivity contribution in [2.75, 3.05) is 31.3 Å². The summed E-state index contributed by atoms with van der Waals surface area (Å²) in [5.74, 6) is -0.882. The predicted molar refractivity (Wildman–Crippen MR) is 69.6 cm³/mol. The third kappa shape index (κ3) is 1.88. The molecule has 9 heteroatoms. The van der Waals surface area contributed by atoms with Crippen molar-refractivity contribution < 1.29 is 19.3 Å². The summed E-state index contributed by atoms with van der Waals surface area (Å²) in [5, 5.41) is 18.6. The van der Waals surface area contributed by atoms with Gasteiger partial charge in [-0.25, -0.2) is 4.98 Å². The molecule has 0 unspecified atom stereocenters. The minimum absolute atomic E-state index is 0.0809. The van der Waals surface area contributed by atoms with Gasteiger partial charge in [-0.1, -0.05) is 11.6 Å². The van der Waals surface area contributed by atoms with E-state index < -0.39 is 17.0 Å². The minimum atomic E-state index is -0.829. The topological polar surface area (TPSA) is 78.7 Å². The number of ether oxygens (including phenoxy) is 1. The van der Waals surface area contributed by atoms with Crippen molar-refractivity contribution in [3.8, 4) is 0 Å². The van der Waals surface area contributed by atoms with E-state index in [0.29, 0.717) is 6.42 Å². The lowest BCUT2D eigenvalue weighted by molar-refractivity contribution is -0.0440. The number of halogens is 3. The molecule has 3 rings (SSSR count). The molecule has 0 spiro atoms. The summed E-state index contributed by atoms with van der Waals surface area (Å²) in [5.41, 5.74) is -1.65. The maximum Gasteiger partial charge on any atom is 0.225 e. The lowest BCUT2D eigenvalue weighted by Crippen LogP contribution is -2.54. The number of fused-ring (bicyclic) bond motifs is 2. The van der Waals surface area contributed by atoms with Gasteiger partial charge in [-0.15, -0.1) is 0 Å². The summed E-state index contributed by atoms with van der Waals surface area (Å²) < 4.78 is 19.7. The number of anilines is 1. The van der Waals surface area contributed by atoms with Gasteiger partial charge in [-0.2, -0.15) is 9.37 Å². The first-order valence-electron chi connectivity index (χ1n) is 5.97. The molecule has 1 aromatic rings. The van der Waals surface area contributed by atoms with E-state index in [0.717, 1.165) is 0 Å². The Bertz CT molecular complexity index is 564. The first kappa shape index (κ1) is 14.2. The molecule has 1 aromatic heterocycles. The van der Waals surface area contributed by atoms with Crippen LogP contribution in [0.2, 0.25) is 10.4 Å². The number of nitrogens with zero attached hydrogens (tertiary/aromatic N) is 3. The third-order valence-corrected chi connectivity index (χ3v) is 4.34. The van der Waals surface area contributed by atoms with Crippen LogP contribution in [0.5, 0.6) is 0 Å². The van der Waals surface area contributed by atoms with Crippen LogP contribution in [0.25, 0.3) is 0 Å². The Kier molecular flexibility index (Phi) is 3.30. The Morgan fingerprint density at radius 1 is 1.30 bits per heavy atom. The van der Waals surface area contributed by atoms with Crippen LogP contribution in [0.1, 0.15) is 6.42 Å². The first-order chi connectivity index (χ1) is 9.45. The van der Waals surface area contributed by atoms with Gasteiger partial charge in [0.2, 0.25) is 11.1 Å². The molecule has 110 valence electrons. The summed E-state index contributed by atoms with van der Waals surface area (Å²) in [6, 6.07) is 0. The summed E-state index contributed by atoms with van der Waals surface area (Å²) >= 11 is 11.4. The molecule has 2 aliphatic rings. The minimum Gasteiger partial charge on any atom is -0.394 e. The fourth-order valence-corrected chi connectivity index (χ4v) is 3.29. The Balaban J connectivity index is 2.07. The Hall–Kier alpha value is -0.730. The molecule has 3 heterocycles. The molecule has 2 atom stereocenters. The highest BCUT2D eigenvalue weighted by Crippen LogP contribution is 2.47. The maximum atomic E-state index is 14.2. The van der Waals surface area contributed by atoms with Crippen LogP contribution in [0.3, 0.4) is 0 Å². The Labute approximate surface area is 124 Å². The van der Waals surface area contributed by atoms with Crippen molar-refractivity contribution in [3.63, 3.8) is 0 Å². The van der Waals surface area contributed by atoms with Crippen molar-refractivity contribution in [3.05, 3.63) is 16.3 Å². The molecular weight excluding hydrogens is 312 g/mol. The highest BCUT2D eigenvalue weighted by Gasteiger charge is 2.61. The largest absolute Gasteiger partial charge is 0.394 e. The SMILES string of the molecule is OC[C@]12CN(c3nc(Cl)nc(Cl)c3F)[C@](CO)(CO1)C2. The van der Waals surface area contributed by atoms with E-state index in [4.69, 9.17) is 27.9 Å². The van der Waals surface area contributed by atoms with E-state index in [-0.39, 0.29) is 42.6 Å². The number of aliphatic hydroxyl groups excluding tert-OH is 2. The summed E-state index contributed by atoms with van der Waals surface area (Å²) in [4.78, 5) is 8.95. The van der Waals surface area contributed by atoms with Crippen molar-refractivity contribution in [2.24, 2.45) is 0 Å². The average molecular weight is 324 g/mol. The molecule has 2 fully saturated rings. The molecule has 0 aliphatic carbocycles. The van der Waals surface area contributed by atoms with E-state index in [9.17, 15) is 14.6 Å². The van der Waals surface area contributed by atoms with E-state index in [1.807, 2.05) is 0 Å². The number of aromatic nitrogens is 2. The number of rotatable bonds is 3. The van der Waals surface area contributed by atoms with Crippen LogP contribution >= 0.6 is 23.2 Å². The molecular formula is C11H12Cl2FN3O3. The Morgan fingerprint density at radius 3 is 2.70 bits per heavy atom. The van der Waals surface area contributed by atoms with Crippen LogP contribution in [0.15, 0.2) is 0 Å².